The lowest BCUT2D eigenvalue weighted by molar-refractivity contribution is 0.332. The number of anilines is 1. The maximum atomic E-state index is 9.82. The van der Waals surface area contributed by atoms with Gasteiger partial charge < -0.3 is 9.88 Å². The fourth-order valence-electron chi connectivity index (χ4n) is 4.89. The van der Waals surface area contributed by atoms with Gasteiger partial charge in [-0.25, -0.2) is 15.0 Å². The molecule has 2 atom stereocenters. The van der Waals surface area contributed by atoms with E-state index in [1.807, 2.05) is 40.8 Å². The van der Waals surface area contributed by atoms with Gasteiger partial charge in [-0.2, -0.15) is 15.6 Å². The Kier molecular flexibility index (Phi) is 4.93. The molecule has 2 unspecified atom stereocenters. The Hall–Kier alpha value is -4.28. The fraction of sp³-hybridized carbons (Fsp3) is 0.250. The first kappa shape index (κ1) is 20.3. The van der Waals surface area contributed by atoms with Gasteiger partial charge in [-0.15, -0.1) is 11.3 Å². The minimum absolute atomic E-state index is 0.0808. The lowest BCUT2D eigenvalue weighted by Gasteiger charge is -2.23. The van der Waals surface area contributed by atoms with E-state index in [0.29, 0.717) is 18.5 Å². The summed E-state index contributed by atoms with van der Waals surface area (Å²) in [6, 6.07) is 8.55. The Morgan fingerprint density at radius 2 is 2.12 bits per heavy atom. The highest BCUT2D eigenvalue weighted by atomic mass is 32.1. The highest BCUT2D eigenvalue weighted by Gasteiger charge is 2.33. The first-order chi connectivity index (χ1) is 16.8. The molecule has 1 N–H and O–H groups in total. The molecule has 9 nitrogen and oxygen atoms in total. The molecule has 5 aromatic rings. The van der Waals surface area contributed by atoms with E-state index in [2.05, 4.69) is 42.1 Å². The summed E-state index contributed by atoms with van der Waals surface area (Å²) in [5.74, 6) is 0.931. The van der Waals surface area contributed by atoms with Crippen LogP contribution in [0, 0.1) is 28.6 Å². The predicted molar refractivity (Wildman–Crippen MR) is 129 cm³/mol. The molecule has 166 valence electrons. The number of pyridine rings is 1. The first-order valence-electron chi connectivity index (χ1n) is 11.0. The maximum Gasteiger partial charge on any atom is 0.147 e. The zero-order valence-corrected chi connectivity index (χ0v) is 18.9. The second-order valence-corrected chi connectivity index (χ2v) is 9.31. The number of thiophene rings is 1. The zero-order chi connectivity index (χ0) is 23.1. The summed E-state index contributed by atoms with van der Waals surface area (Å²) < 4.78 is 2.91. The molecule has 0 amide bonds. The summed E-state index contributed by atoms with van der Waals surface area (Å²) in [5.41, 5.74) is 3.10. The fourth-order valence-corrected chi connectivity index (χ4v) is 5.65. The lowest BCUT2D eigenvalue weighted by atomic mass is 9.96. The minimum Gasteiger partial charge on any atom is -0.355 e. The van der Waals surface area contributed by atoms with Crippen LogP contribution in [0.3, 0.4) is 0 Å². The summed E-state index contributed by atoms with van der Waals surface area (Å²) in [6.07, 6.45) is 10.2. The van der Waals surface area contributed by atoms with Crippen LogP contribution in [0.5, 0.6) is 0 Å². The van der Waals surface area contributed by atoms with Gasteiger partial charge in [-0.3, -0.25) is 4.68 Å². The number of aromatic nitrogens is 6. The van der Waals surface area contributed by atoms with Crippen molar-refractivity contribution >= 4 is 38.3 Å². The number of fused-ring (bicyclic) bond motifs is 2. The van der Waals surface area contributed by atoms with Gasteiger partial charge in [0.15, 0.2) is 0 Å². The predicted octanol–water partition coefficient (Wildman–Crippen LogP) is 4.28. The van der Waals surface area contributed by atoms with Gasteiger partial charge in [0, 0.05) is 53.9 Å². The van der Waals surface area contributed by atoms with Crippen LogP contribution in [0.2, 0.25) is 0 Å². The van der Waals surface area contributed by atoms with Crippen molar-refractivity contribution in [1.82, 2.24) is 29.7 Å². The Morgan fingerprint density at radius 1 is 1.18 bits per heavy atom. The number of nitrogens with one attached hydrogen (secondary N) is 1. The van der Waals surface area contributed by atoms with Crippen molar-refractivity contribution in [3.63, 3.8) is 0 Å². The average molecular weight is 466 g/mol. The molecule has 1 fully saturated rings. The van der Waals surface area contributed by atoms with E-state index >= 15 is 0 Å². The van der Waals surface area contributed by atoms with Crippen molar-refractivity contribution in [3.05, 3.63) is 54.2 Å². The maximum absolute atomic E-state index is 9.82. The van der Waals surface area contributed by atoms with Crippen LogP contribution in [0.15, 0.2) is 48.6 Å². The van der Waals surface area contributed by atoms with Crippen LogP contribution < -0.4 is 4.90 Å². The molecular formula is C24H19N9S. The molecule has 6 rings (SSSR count). The molecule has 6 heterocycles. The van der Waals surface area contributed by atoms with Crippen LogP contribution in [-0.4, -0.2) is 42.8 Å². The van der Waals surface area contributed by atoms with Crippen molar-refractivity contribution in [2.24, 2.45) is 5.92 Å². The van der Waals surface area contributed by atoms with E-state index in [0.717, 1.165) is 51.2 Å². The van der Waals surface area contributed by atoms with Crippen LogP contribution in [-0.2, 0) is 0 Å². The Morgan fingerprint density at radius 3 is 3.00 bits per heavy atom. The van der Waals surface area contributed by atoms with E-state index in [4.69, 9.17) is 0 Å². The van der Waals surface area contributed by atoms with Crippen molar-refractivity contribution in [2.45, 2.75) is 18.9 Å². The molecule has 0 aliphatic carbocycles. The van der Waals surface area contributed by atoms with Gasteiger partial charge in [0.05, 0.1) is 35.1 Å². The molecule has 0 radical (unpaired) electrons. The molecule has 10 heteroatoms. The molecule has 5 aromatic heterocycles. The highest BCUT2D eigenvalue weighted by molar-refractivity contribution is 7.17. The van der Waals surface area contributed by atoms with E-state index < -0.39 is 0 Å². The largest absolute Gasteiger partial charge is 0.355 e. The summed E-state index contributed by atoms with van der Waals surface area (Å²) in [6.45, 7) is 1.50. The zero-order valence-electron chi connectivity index (χ0n) is 18.1. The minimum atomic E-state index is -0.0808. The van der Waals surface area contributed by atoms with Crippen molar-refractivity contribution in [1.29, 1.82) is 10.5 Å². The number of hydrogen-bond donors (Lipinski definition) is 1. The number of nitriles is 2. The standard InChI is InChI=1S/C24H19N9S/c25-5-1-20(33-13-16(10-31-33)22-18-2-6-27-23(18)30-14-29-22)15-3-7-32(12-15)24-19(9-26)17-4-8-34-21(17)11-28-24/h2,4,6,8,10-11,13-15,20H,1,3,7,12H2,(H,27,29,30). The summed E-state index contributed by atoms with van der Waals surface area (Å²) in [5, 5.41) is 27.9. The van der Waals surface area contributed by atoms with E-state index in [9.17, 15) is 10.5 Å². The highest BCUT2D eigenvalue weighted by Crippen LogP contribution is 2.36. The number of nitrogens with zero attached hydrogens (tertiary/aromatic N) is 8. The number of aromatic amines is 1. The van der Waals surface area contributed by atoms with E-state index in [-0.39, 0.29) is 12.0 Å². The van der Waals surface area contributed by atoms with Crippen molar-refractivity contribution < 1.29 is 0 Å². The third-order valence-corrected chi connectivity index (χ3v) is 7.39. The molecule has 1 aliphatic heterocycles. The monoisotopic (exact) mass is 465 g/mol. The third-order valence-electron chi connectivity index (χ3n) is 6.54. The smallest absolute Gasteiger partial charge is 0.147 e. The second kappa shape index (κ2) is 8.25. The topological polar surface area (TPSA) is 123 Å². The van der Waals surface area contributed by atoms with E-state index in [1.54, 1.807) is 17.5 Å². The Bertz CT molecular complexity index is 1580. The number of H-pyrrole nitrogens is 1. The van der Waals surface area contributed by atoms with Gasteiger partial charge in [-0.1, -0.05) is 0 Å². The van der Waals surface area contributed by atoms with Gasteiger partial charge in [0.1, 0.15) is 29.4 Å². The SMILES string of the molecule is N#CCC(C1CCN(c2ncc3sccc3c2C#N)C1)n1cc(-c2ncnc3[nH]ccc23)cn1. The molecule has 1 saturated heterocycles. The van der Waals surface area contributed by atoms with Gasteiger partial charge in [0.25, 0.3) is 0 Å². The molecule has 1 aliphatic rings. The molecular weight excluding hydrogens is 446 g/mol. The van der Waals surface area contributed by atoms with Crippen molar-refractivity contribution in [2.75, 3.05) is 18.0 Å². The molecule has 0 spiro atoms. The van der Waals surface area contributed by atoms with E-state index in [1.165, 1.54) is 6.33 Å². The van der Waals surface area contributed by atoms with Gasteiger partial charge in [0.2, 0.25) is 0 Å². The Labute approximate surface area is 198 Å². The summed E-state index contributed by atoms with van der Waals surface area (Å²) in [4.78, 5) is 18.6. The summed E-state index contributed by atoms with van der Waals surface area (Å²) >= 11 is 1.59. The second-order valence-electron chi connectivity index (χ2n) is 8.36. The third kappa shape index (κ3) is 3.28. The van der Waals surface area contributed by atoms with Crippen molar-refractivity contribution in [3.8, 4) is 23.4 Å². The van der Waals surface area contributed by atoms with Crippen LogP contribution in [0.1, 0.15) is 24.4 Å². The summed E-state index contributed by atoms with van der Waals surface area (Å²) in [7, 11) is 0. The number of hydrogen-bond acceptors (Lipinski definition) is 8. The number of rotatable bonds is 5. The Balaban J connectivity index is 1.29. The molecule has 34 heavy (non-hydrogen) atoms. The quantitative estimate of drug-likeness (QED) is 0.411. The lowest BCUT2D eigenvalue weighted by Crippen LogP contribution is -2.26. The van der Waals surface area contributed by atoms with Gasteiger partial charge >= 0.3 is 0 Å². The molecule has 0 saturated carbocycles. The van der Waals surface area contributed by atoms with Gasteiger partial charge in [-0.05, 0) is 23.9 Å². The van der Waals surface area contributed by atoms with Crippen LogP contribution in [0.25, 0.3) is 32.4 Å². The average Bonchev–Trinajstić information content (AvgIpc) is 3.67. The van der Waals surface area contributed by atoms with Crippen LogP contribution >= 0.6 is 11.3 Å². The van der Waals surface area contributed by atoms with Crippen LogP contribution in [0.4, 0.5) is 5.82 Å². The first-order valence-corrected chi connectivity index (χ1v) is 11.9. The molecule has 0 aromatic carbocycles. The molecule has 0 bridgehead atoms. The normalized spacial score (nSPS) is 16.6.